The average Bonchev–Trinajstić information content (AvgIpc) is 2.98. The van der Waals surface area contributed by atoms with E-state index in [2.05, 4.69) is 36.2 Å². The van der Waals surface area contributed by atoms with Crippen LogP contribution in [0.2, 0.25) is 0 Å². The lowest BCUT2D eigenvalue weighted by atomic mass is 10.0. The van der Waals surface area contributed by atoms with Crippen molar-refractivity contribution >= 4 is 15.9 Å². The van der Waals surface area contributed by atoms with Crippen LogP contribution in [-0.4, -0.2) is 31.7 Å². The number of hydrogen-bond acceptors (Lipinski definition) is 4. The van der Waals surface area contributed by atoms with Crippen molar-refractivity contribution in [2.45, 2.75) is 25.4 Å². The fourth-order valence-corrected chi connectivity index (χ4v) is 3.21. The maximum atomic E-state index is 13.6. The summed E-state index contributed by atoms with van der Waals surface area (Å²) in [5.41, 5.74) is 0.998. The van der Waals surface area contributed by atoms with Crippen molar-refractivity contribution < 1.29 is 4.39 Å². The summed E-state index contributed by atoms with van der Waals surface area (Å²) in [6, 6.07) is 5.28. The van der Waals surface area contributed by atoms with E-state index in [0.717, 1.165) is 29.4 Å². The van der Waals surface area contributed by atoms with Crippen molar-refractivity contribution in [3.63, 3.8) is 0 Å². The van der Waals surface area contributed by atoms with Crippen molar-refractivity contribution in [3.05, 3.63) is 39.9 Å². The molecule has 3 rings (SSSR count). The molecule has 5 nitrogen and oxygen atoms in total. The molecule has 0 saturated carbocycles. The minimum Gasteiger partial charge on any atom is -0.289 e. The second-order valence-electron chi connectivity index (χ2n) is 5.03. The van der Waals surface area contributed by atoms with Gasteiger partial charge in [-0.2, -0.15) is 4.80 Å². The first-order chi connectivity index (χ1) is 9.61. The predicted molar refractivity (Wildman–Crippen MR) is 75.3 cm³/mol. The lowest BCUT2D eigenvalue weighted by molar-refractivity contribution is 0.241. The minimum atomic E-state index is -0.209. The predicted octanol–water partition coefficient (Wildman–Crippen LogP) is 2.45. The van der Waals surface area contributed by atoms with Gasteiger partial charge in [0.1, 0.15) is 5.82 Å². The molecule has 0 unspecified atom stereocenters. The standard InChI is InChI=1S/C13H15BrFN5/c1-19-17-13(16-18-19)8-20-4-2-3-12(20)9-5-10(14)7-11(15)6-9/h5-7,12H,2-4,8H2,1H3/t12-/m0/s1. The van der Waals surface area contributed by atoms with Gasteiger partial charge in [-0.15, -0.1) is 10.2 Å². The smallest absolute Gasteiger partial charge is 0.188 e. The summed E-state index contributed by atoms with van der Waals surface area (Å²) in [5.74, 6) is 0.494. The van der Waals surface area contributed by atoms with Crippen LogP contribution in [0.4, 0.5) is 4.39 Å². The molecule has 1 atom stereocenters. The first-order valence-electron chi connectivity index (χ1n) is 6.55. The number of halogens is 2. The summed E-state index contributed by atoms with van der Waals surface area (Å²) in [5, 5.41) is 12.1. The van der Waals surface area contributed by atoms with Gasteiger partial charge in [-0.1, -0.05) is 15.9 Å². The Morgan fingerprint density at radius 1 is 1.40 bits per heavy atom. The van der Waals surface area contributed by atoms with E-state index in [1.807, 2.05) is 6.07 Å². The van der Waals surface area contributed by atoms with E-state index in [9.17, 15) is 4.39 Å². The van der Waals surface area contributed by atoms with Crippen LogP contribution in [0, 0.1) is 5.82 Å². The van der Waals surface area contributed by atoms with Crippen LogP contribution in [0.1, 0.15) is 30.3 Å². The highest BCUT2D eigenvalue weighted by atomic mass is 79.9. The Balaban J connectivity index is 1.81. The molecule has 1 aromatic heterocycles. The van der Waals surface area contributed by atoms with Gasteiger partial charge in [0.2, 0.25) is 0 Å². The number of aromatic nitrogens is 4. The fraction of sp³-hybridized carbons (Fsp3) is 0.462. The van der Waals surface area contributed by atoms with Crippen LogP contribution in [-0.2, 0) is 13.6 Å². The maximum Gasteiger partial charge on any atom is 0.188 e. The molecule has 2 aromatic rings. The van der Waals surface area contributed by atoms with Gasteiger partial charge >= 0.3 is 0 Å². The first-order valence-corrected chi connectivity index (χ1v) is 7.34. The molecule has 0 N–H and O–H groups in total. The summed E-state index contributed by atoms with van der Waals surface area (Å²) >= 11 is 3.35. The Kier molecular flexibility index (Phi) is 3.80. The second-order valence-corrected chi connectivity index (χ2v) is 5.94. The molecular weight excluding hydrogens is 325 g/mol. The molecule has 1 aromatic carbocycles. The first kappa shape index (κ1) is 13.6. The molecule has 0 bridgehead atoms. The zero-order valence-electron chi connectivity index (χ0n) is 11.1. The monoisotopic (exact) mass is 339 g/mol. The van der Waals surface area contributed by atoms with Crippen molar-refractivity contribution in [2.24, 2.45) is 7.05 Å². The van der Waals surface area contributed by atoms with Crippen molar-refractivity contribution in [3.8, 4) is 0 Å². The molecule has 0 amide bonds. The average molecular weight is 340 g/mol. The molecule has 1 fully saturated rings. The summed E-state index contributed by atoms with van der Waals surface area (Å²) in [6.45, 7) is 1.61. The van der Waals surface area contributed by atoms with Crippen LogP contribution in [0.25, 0.3) is 0 Å². The number of tetrazole rings is 1. The Bertz CT molecular complexity index is 594. The molecule has 1 saturated heterocycles. The van der Waals surface area contributed by atoms with Crippen LogP contribution in [0.3, 0.4) is 0 Å². The van der Waals surface area contributed by atoms with E-state index in [4.69, 9.17) is 0 Å². The van der Waals surface area contributed by atoms with E-state index < -0.39 is 0 Å². The van der Waals surface area contributed by atoms with Crippen LogP contribution >= 0.6 is 15.9 Å². The highest BCUT2D eigenvalue weighted by molar-refractivity contribution is 9.10. The minimum absolute atomic E-state index is 0.209. The lowest BCUT2D eigenvalue weighted by Crippen LogP contribution is -2.23. The van der Waals surface area contributed by atoms with Crippen molar-refractivity contribution in [1.82, 2.24) is 25.1 Å². The van der Waals surface area contributed by atoms with Crippen molar-refractivity contribution in [1.29, 1.82) is 0 Å². The summed E-state index contributed by atoms with van der Waals surface area (Å²) in [6.07, 6.45) is 2.12. The summed E-state index contributed by atoms with van der Waals surface area (Å²) in [4.78, 5) is 3.73. The highest BCUT2D eigenvalue weighted by Crippen LogP contribution is 2.34. The number of aryl methyl sites for hydroxylation is 1. The third kappa shape index (κ3) is 2.88. The Morgan fingerprint density at radius 2 is 2.25 bits per heavy atom. The highest BCUT2D eigenvalue weighted by Gasteiger charge is 2.27. The zero-order valence-corrected chi connectivity index (χ0v) is 12.7. The number of rotatable bonds is 3. The number of benzene rings is 1. The molecule has 0 radical (unpaired) electrons. The maximum absolute atomic E-state index is 13.6. The molecular formula is C13H15BrFN5. The van der Waals surface area contributed by atoms with Crippen LogP contribution in [0.15, 0.2) is 22.7 Å². The van der Waals surface area contributed by atoms with Gasteiger partial charge in [-0.25, -0.2) is 4.39 Å². The zero-order chi connectivity index (χ0) is 14.1. The third-order valence-corrected chi connectivity index (χ3v) is 3.99. The summed E-state index contributed by atoms with van der Waals surface area (Å²) < 4.78 is 14.3. The van der Waals surface area contributed by atoms with Gasteiger partial charge in [0.25, 0.3) is 0 Å². The SMILES string of the molecule is Cn1nnc(CN2CCC[C@H]2c2cc(F)cc(Br)c2)n1. The number of nitrogens with zero attached hydrogens (tertiary/aromatic N) is 5. The van der Waals surface area contributed by atoms with Gasteiger partial charge in [0.05, 0.1) is 13.6 Å². The second kappa shape index (κ2) is 5.57. The molecule has 1 aliphatic heterocycles. The van der Waals surface area contributed by atoms with E-state index >= 15 is 0 Å². The Morgan fingerprint density at radius 3 is 2.95 bits per heavy atom. The lowest BCUT2D eigenvalue weighted by Gasteiger charge is -2.23. The van der Waals surface area contributed by atoms with Crippen LogP contribution in [0.5, 0.6) is 0 Å². The van der Waals surface area contributed by atoms with Gasteiger partial charge in [0.15, 0.2) is 5.82 Å². The van der Waals surface area contributed by atoms with Gasteiger partial charge in [-0.05, 0) is 48.4 Å². The molecule has 7 heteroatoms. The largest absolute Gasteiger partial charge is 0.289 e. The number of likely N-dealkylation sites (tertiary alicyclic amines) is 1. The topological polar surface area (TPSA) is 46.8 Å². The molecule has 20 heavy (non-hydrogen) atoms. The fourth-order valence-electron chi connectivity index (χ4n) is 2.73. The van der Waals surface area contributed by atoms with E-state index in [0.29, 0.717) is 12.4 Å². The van der Waals surface area contributed by atoms with E-state index in [1.165, 1.54) is 10.9 Å². The van der Waals surface area contributed by atoms with Gasteiger partial charge in [-0.3, -0.25) is 4.90 Å². The molecule has 2 heterocycles. The quantitative estimate of drug-likeness (QED) is 0.861. The number of hydrogen-bond donors (Lipinski definition) is 0. The third-order valence-electron chi connectivity index (χ3n) is 3.53. The normalized spacial score (nSPS) is 19.6. The van der Waals surface area contributed by atoms with E-state index in [-0.39, 0.29) is 11.9 Å². The van der Waals surface area contributed by atoms with E-state index in [1.54, 1.807) is 13.1 Å². The molecule has 0 spiro atoms. The molecule has 106 valence electrons. The Labute approximate surface area is 124 Å². The van der Waals surface area contributed by atoms with Gasteiger partial charge in [0, 0.05) is 10.5 Å². The Hall–Kier alpha value is -1.34. The van der Waals surface area contributed by atoms with Crippen molar-refractivity contribution in [2.75, 3.05) is 6.54 Å². The summed E-state index contributed by atoms with van der Waals surface area (Å²) in [7, 11) is 1.75. The molecule has 0 aliphatic carbocycles. The van der Waals surface area contributed by atoms with Gasteiger partial charge < -0.3 is 0 Å². The van der Waals surface area contributed by atoms with Crippen LogP contribution < -0.4 is 0 Å². The molecule has 1 aliphatic rings.